The van der Waals surface area contributed by atoms with Crippen molar-refractivity contribution in [2.24, 2.45) is 0 Å². The second kappa shape index (κ2) is 6.36. The number of rotatable bonds is 4. The second-order valence-electron chi connectivity index (χ2n) is 6.12. The van der Waals surface area contributed by atoms with Crippen molar-refractivity contribution < 1.29 is 14.4 Å². The van der Waals surface area contributed by atoms with Gasteiger partial charge in [-0.25, -0.2) is 0 Å². The fourth-order valence-corrected chi connectivity index (χ4v) is 2.80. The zero-order valence-electron chi connectivity index (χ0n) is 13.3. The van der Waals surface area contributed by atoms with Crippen molar-refractivity contribution in [3.05, 3.63) is 35.7 Å². The molecule has 3 heterocycles. The summed E-state index contributed by atoms with van der Waals surface area (Å²) in [6.45, 7) is 4.66. The molecule has 0 bridgehead atoms. The van der Waals surface area contributed by atoms with E-state index in [0.717, 1.165) is 12.8 Å². The average molecular weight is 316 g/mol. The molecule has 2 aromatic heterocycles. The van der Waals surface area contributed by atoms with Gasteiger partial charge in [0.2, 0.25) is 11.8 Å². The normalized spacial score (nSPS) is 17.9. The Labute approximate surface area is 134 Å². The monoisotopic (exact) mass is 316 g/mol. The molecular weight excluding hydrogens is 296 g/mol. The van der Waals surface area contributed by atoms with E-state index in [0.29, 0.717) is 23.8 Å². The average Bonchev–Trinajstić information content (AvgIpc) is 3.16. The molecule has 1 N–H and O–H groups in total. The fraction of sp³-hybridized carbons (Fsp3) is 0.500. The van der Waals surface area contributed by atoms with Gasteiger partial charge in [0.1, 0.15) is 5.75 Å². The van der Waals surface area contributed by atoms with Crippen LogP contribution in [0.25, 0.3) is 0 Å². The van der Waals surface area contributed by atoms with Crippen molar-refractivity contribution in [1.82, 2.24) is 20.0 Å². The lowest BCUT2D eigenvalue weighted by molar-refractivity contribution is -0.131. The molecular formula is C16H20N4O3. The molecule has 7 heteroatoms. The van der Waals surface area contributed by atoms with Crippen molar-refractivity contribution in [2.75, 3.05) is 6.54 Å². The molecule has 1 saturated heterocycles. The van der Waals surface area contributed by atoms with Crippen LogP contribution in [0.2, 0.25) is 0 Å². The minimum Gasteiger partial charge on any atom is -0.506 e. The van der Waals surface area contributed by atoms with Crippen LogP contribution in [0.5, 0.6) is 5.75 Å². The molecule has 1 fully saturated rings. The molecule has 0 radical (unpaired) electrons. The number of carbonyl (C=O) groups excluding carboxylic acids is 1. The number of hydrogen-bond acceptors (Lipinski definition) is 6. The molecule has 7 nitrogen and oxygen atoms in total. The number of aromatic hydroxyl groups is 1. The van der Waals surface area contributed by atoms with E-state index >= 15 is 0 Å². The summed E-state index contributed by atoms with van der Waals surface area (Å²) in [5, 5.41) is 13.5. The molecule has 23 heavy (non-hydrogen) atoms. The molecule has 1 amide bonds. The Hall–Kier alpha value is -2.44. The maximum Gasteiger partial charge on any atom is 0.229 e. The molecule has 0 unspecified atom stereocenters. The van der Waals surface area contributed by atoms with Gasteiger partial charge in [-0.3, -0.25) is 9.78 Å². The van der Waals surface area contributed by atoms with Crippen molar-refractivity contribution >= 4 is 5.91 Å². The van der Waals surface area contributed by atoms with Gasteiger partial charge >= 0.3 is 0 Å². The zero-order valence-corrected chi connectivity index (χ0v) is 13.3. The Morgan fingerprint density at radius 1 is 1.48 bits per heavy atom. The Morgan fingerprint density at radius 2 is 2.30 bits per heavy atom. The first-order valence-electron chi connectivity index (χ1n) is 7.80. The Morgan fingerprint density at radius 3 is 3.00 bits per heavy atom. The summed E-state index contributed by atoms with van der Waals surface area (Å²) >= 11 is 0. The van der Waals surface area contributed by atoms with Gasteiger partial charge in [0, 0.05) is 18.7 Å². The van der Waals surface area contributed by atoms with E-state index in [1.54, 1.807) is 17.2 Å². The number of carbonyl (C=O) groups is 1. The molecule has 0 spiro atoms. The first kappa shape index (κ1) is 15.5. The topological polar surface area (TPSA) is 92.4 Å². The third kappa shape index (κ3) is 3.33. The lowest BCUT2D eigenvalue weighted by Crippen LogP contribution is -2.32. The molecule has 122 valence electrons. The molecule has 0 saturated carbocycles. The second-order valence-corrected chi connectivity index (χ2v) is 6.12. The van der Waals surface area contributed by atoms with Gasteiger partial charge in [0.25, 0.3) is 0 Å². The largest absolute Gasteiger partial charge is 0.506 e. The molecule has 0 aromatic carbocycles. The van der Waals surface area contributed by atoms with Gasteiger partial charge < -0.3 is 14.5 Å². The molecule has 1 atom stereocenters. The van der Waals surface area contributed by atoms with Crippen LogP contribution in [-0.4, -0.2) is 37.6 Å². The van der Waals surface area contributed by atoms with Crippen LogP contribution in [0, 0.1) is 0 Å². The van der Waals surface area contributed by atoms with Gasteiger partial charge in [-0.05, 0) is 24.5 Å². The number of pyridine rings is 1. The van der Waals surface area contributed by atoms with Crippen LogP contribution in [0.3, 0.4) is 0 Å². The van der Waals surface area contributed by atoms with Gasteiger partial charge in [-0.2, -0.15) is 4.98 Å². The van der Waals surface area contributed by atoms with Gasteiger partial charge in [-0.1, -0.05) is 19.0 Å². The maximum absolute atomic E-state index is 12.6. The van der Waals surface area contributed by atoms with E-state index in [-0.39, 0.29) is 30.0 Å². The molecule has 1 aliphatic rings. The Balaban J connectivity index is 1.74. The zero-order chi connectivity index (χ0) is 16.4. The van der Waals surface area contributed by atoms with Crippen LogP contribution in [0.15, 0.2) is 23.0 Å². The van der Waals surface area contributed by atoms with Crippen LogP contribution in [0.4, 0.5) is 0 Å². The molecule has 1 aliphatic heterocycles. The summed E-state index contributed by atoms with van der Waals surface area (Å²) in [5.74, 6) is 1.38. The van der Waals surface area contributed by atoms with Crippen LogP contribution < -0.4 is 0 Å². The van der Waals surface area contributed by atoms with Crippen molar-refractivity contribution in [3.63, 3.8) is 0 Å². The number of amides is 1. The number of likely N-dealkylation sites (tertiary alicyclic amines) is 1. The summed E-state index contributed by atoms with van der Waals surface area (Å²) in [6, 6.07) is 1.42. The lowest BCUT2D eigenvalue weighted by atomic mass is 10.1. The lowest BCUT2D eigenvalue weighted by Gasteiger charge is -2.22. The van der Waals surface area contributed by atoms with E-state index in [1.165, 1.54) is 6.20 Å². The predicted molar refractivity (Wildman–Crippen MR) is 81.7 cm³/mol. The van der Waals surface area contributed by atoms with E-state index in [4.69, 9.17) is 4.52 Å². The van der Waals surface area contributed by atoms with Crippen molar-refractivity contribution in [1.29, 1.82) is 0 Å². The first-order chi connectivity index (χ1) is 11.0. The SMILES string of the molecule is CC(C)c1nc([C@@H]2CCCN2C(=O)Cc2cncc(O)c2)no1. The smallest absolute Gasteiger partial charge is 0.229 e. The highest BCUT2D eigenvalue weighted by Gasteiger charge is 2.33. The first-order valence-corrected chi connectivity index (χ1v) is 7.80. The molecule has 3 rings (SSSR count). The highest BCUT2D eigenvalue weighted by Crippen LogP contribution is 2.31. The summed E-state index contributed by atoms with van der Waals surface area (Å²) in [5.41, 5.74) is 0.691. The predicted octanol–water partition coefficient (Wildman–Crippen LogP) is 2.20. The minimum atomic E-state index is -0.135. The van der Waals surface area contributed by atoms with Gasteiger partial charge in [0.15, 0.2) is 5.82 Å². The van der Waals surface area contributed by atoms with E-state index in [1.807, 2.05) is 13.8 Å². The van der Waals surface area contributed by atoms with E-state index < -0.39 is 0 Å². The summed E-state index contributed by atoms with van der Waals surface area (Å²) in [4.78, 5) is 22.7. The third-order valence-electron chi connectivity index (χ3n) is 3.96. The Bertz CT molecular complexity index is 698. The highest BCUT2D eigenvalue weighted by atomic mass is 16.5. The Kier molecular flexibility index (Phi) is 4.27. The van der Waals surface area contributed by atoms with Crippen LogP contribution in [0.1, 0.15) is 55.9 Å². The minimum absolute atomic E-state index is 0.0178. The summed E-state index contributed by atoms with van der Waals surface area (Å²) in [7, 11) is 0. The number of hydrogen-bond donors (Lipinski definition) is 1. The third-order valence-corrected chi connectivity index (χ3v) is 3.96. The van der Waals surface area contributed by atoms with E-state index in [2.05, 4.69) is 15.1 Å². The fourth-order valence-electron chi connectivity index (χ4n) is 2.80. The summed E-state index contributed by atoms with van der Waals surface area (Å²) in [6.07, 6.45) is 4.89. The quantitative estimate of drug-likeness (QED) is 0.929. The number of aromatic nitrogens is 3. The van der Waals surface area contributed by atoms with Crippen LogP contribution >= 0.6 is 0 Å². The molecule has 0 aliphatic carbocycles. The van der Waals surface area contributed by atoms with Gasteiger partial charge in [-0.15, -0.1) is 0 Å². The highest BCUT2D eigenvalue weighted by molar-refractivity contribution is 5.79. The number of nitrogens with zero attached hydrogens (tertiary/aromatic N) is 4. The maximum atomic E-state index is 12.6. The summed E-state index contributed by atoms with van der Waals surface area (Å²) < 4.78 is 5.26. The standard InChI is InChI=1S/C16H20N4O3/c1-10(2)16-18-15(19-23-16)13-4-3-5-20(13)14(22)7-11-6-12(21)9-17-8-11/h6,8-10,13,21H,3-5,7H2,1-2H3/t13-/m0/s1. The van der Waals surface area contributed by atoms with Crippen LogP contribution in [-0.2, 0) is 11.2 Å². The van der Waals surface area contributed by atoms with E-state index in [9.17, 15) is 9.90 Å². The van der Waals surface area contributed by atoms with Crippen molar-refractivity contribution in [3.8, 4) is 5.75 Å². The van der Waals surface area contributed by atoms with Crippen molar-refractivity contribution in [2.45, 2.75) is 45.1 Å². The molecule has 2 aromatic rings. The van der Waals surface area contributed by atoms with Gasteiger partial charge in [0.05, 0.1) is 18.7 Å².